The van der Waals surface area contributed by atoms with E-state index < -0.39 is 0 Å². The van der Waals surface area contributed by atoms with Gasteiger partial charge in [-0.15, -0.1) is 0 Å². The lowest BCUT2D eigenvalue weighted by Crippen LogP contribution is -2.26. The average molecular weight is 269 g/mol. The predicted molar refractivity (Wildman–Crippen MR) is 80.2 cm³/mol. The number of methoxy groups -OCH3 is 1. The monoisotopic (exact) mass is 269 g/mol. The minimum atomic E-state index is 0.244. The van der Waals surface area contributed by atoms with Crippen LogP contribution in [0.3, 0.4) is 0 Å². The summed E-state index contributed by atoms with van der Waals surface area (Å²) in [6.07, 6.45) is 0.976. The van der Waals surface area contributed by atoms with Crippen LogP contribution in [0.15, 0.2) is 48.5 Å². The second-order valence-corrected chi connectivity index (χ2v) is 5.04. The van der Waals surface area contributed by atoms with Gasteiger partial charge in [0.1, 0.15) is 5.75 Å². The summed E-state index contributed by atoms with van der Waals surface area (Å²) in [6.45, 7) is 0. The van der Waals surface area contributed by atoms with Crippen LogP contribution < -0.4 is 21.3 Å². The van der Waals surface area contributed by atoms with Gasteiger partial charge in [-0.1, -0.05) is 30.3 Å². The first-order valence-electron chi connectivity index (χ1n) is 6.77. The SMILES string of the molecule is COc1ccccc1C1CC(c2ccc(N)cc2)NN1. The smallest absolute Gasteiger partial charge is 0.123 e. The van der Waals surface area contributed by atoms with Crippen molar-refractivity contribution in [1.29, 1.82) is 0 Å². The lowest BCUT2D eigenvalue weighted by Gasteiger charge is -2.14. The number of ether oxygens (including phenoxy) is 1. The molecule has 1 heterocycles. The van der Waals surface area contributed by atoms with Gasteiger partial charge < -0.3 is 10.5 Å². The maximum atomic E-state index is 5.73. The van der Waals surface area contributed by atoms with Crippen LogP contribution in [-0.2, 0) is 0 Å². The molecule has 1 aliphatic rings. The number of hydrazine groups is 1. The van der Waals surface area contributed by atoms with E-state index in [0.717, 1.165) is 17.9 Å². The van der Waals surface area contributed by atoms with Gasteiger partial charge in [-0.05, 0) is 30.2 Å². The second-order valence-electron chi connectivity index (χ2n) is 5.04. The summed E-state index contributed by atoms with van der Waals surface area (Å²) in [4.78, 5) is 0. The molecule has 1 saturated heterocycles. The Morgan fingerprint density at radius 3 is 2.45 bits per heavy atom. The minimum Gasteiger partial charge on any atom is -0.496 e. The second kappa shape index (κ2) is 5.53. The normalized spacial score (nSPS) is 21.9. The van der Waals surface area contributed by atoms with E-state index in [0.29, 0.717) is 0 Å². The fraction of sp³-hybridized carbons (Fsp3) is 0.250. The summed E-state index contributed by atoms with van der Waals surface area (Å²) in [7, 11) is 1.71. The molecule has 20 heavy (non-hydrogen) atoms. The molecular formula is C16H19N3O. The summed E-state index contributed by atoms with van der Waals surface area (Å²) in [6, 6.07) is 16.7. The van der Waals surface area contributed by atoms with Crippen LogP contribution in [-0.4, -0.2) is 7.11 Å². The molecule has 4 N–H and O–H groups in total. The van der Waals surface area contributed by atoms with E-state index in [9.17, 15) is 0 Å². The van der Waals surface area contributed by atoms with Crippen molar-refractivity contribution in [3.8, 4) is 5.75 Å². The quantitative estimate of drug-likeness (QED) is 0.750. The average Bonchev–Trinajstić information content (AvgIpc) is 2.97. The lowest BCUT2D eigenvalue weighted by atomic mass is 9.97. The van der Waals surface area contributed by atoms with Crippen LogP contribution in [0.2, 0.25) is 0 Å². The Bertz CT molecular complexity index is 583. The molecule has 3 rings (SSSR count). The highest BCUT2D eigenvalue weighted by molar-refractivity contribution is 5.41. The summed E-state index contributed by atoms with van der Waals surface area (Å²) < 4.78 is 5.43. The molecule has 0 radical (unpaired) electrons. The van der Waals surface area contributed by atoms with Crippen molar-refractivity contribution in [1.82, 2.24) is 10.9 Å². The van der Waals surface area contributed by atoms with Crippen molar-refractivity contribution in [2.24, 2.45) is 0 Å². The van der Waals surface area contributed by atoms with E-state index in [1.54, 1.807) is 7.11 Å². The van der Waals surface area contributed by atoms with Crippen molar-refractivity contribution in [2.45, 2.75) is 18.5 Å². The molecular weight excluding hydrogens is 250 g/mol. The summed E-state index contributed by atoms with van der Waals surface area (Å²) in [5, 5.41) is 0. The van der Waals surface area contributed by atoms with Gasteiger partial charge in [0, 0.05) is 17.3 Å². The van der Waals surface area contributed by atoms with E-state index >= 15 is 0 Å². The zero-order chi connectivity index (χ0) is 13.9. The third-order valence-corrected chi connectivity index (χ3v) is 3.76. The molecule has 2 aromatic carbocycles. The standard InChI is InChI=1S/C16H19N3O/c1-20-16-5-3-2-4-13(16)15-10-14(18-19-15)11-6-8-12(17)9-7-11/h2-9,14-15,18-19H,10,17H2,1H3. The number of benzene rings is 2. The maximum Gasteiger partial charge on any atom is 0.123 e. The molecule has 0 amide bonds. The molecule has 4 nitrogen and oxygen atoms in total. The molecule has 2 atom stereocenters. The van der Waals surface area contributed by atoms with Crippen LogP contribution in [0.4, 0.5) is 5.69 Å². The van der Waals surface area contributed by atoms with E-state index in [1.807, 2.05) is 30.3 Å². The molecule has 104 valence electrons. The number of nitrogen functional groups attached to an aromatic ring is 1. The number of rotatable bonds is 3. The third kappa shape index (κ3) is 2.48. The van der Waals surface area contributed by atoms with Crippen LogP contribution in [0.5, 0.6) is 5.75 Å². The van der Waals surface area contributed by atoms with Gasteiger partial charge in [-0.25, -0.2) is 10.9 Å². The van der Waals surface area contributed by atoms with Crippen LogP contribution in [0.25, 0.3) is 0 Å². The number of hydrogen-bond acceptors (Lipinski definition) is 4. The zero-order valence-corrected chi connectivity index (χ0v) is 11.5. The number of nitrogens with two attached hydrogens (primary N) is 1. The lowest BCUT2D eigenvalue weighted by molar-refractivity contribution is 0.402. The van der Waals surface area contributed by atoms with Crippen molar-refractivity contribution in [2.75, 3.05) is 12.8 Å². The third-order valence-electron chi connectivity index (χ3n) is 3.76. The highest BCUT2D eigenvalue weighted by atomic mass is 16.5. The fourth-order valence-corrected chi connectivity index (χ4v) is 2.66. The Hall–Kier alpha value is -2.04. The molecule has 0 saturated carbocycles. The first kappa shape index (κ1) is 13.0. The Morgan fingerprint density at radius 1 is 1.00 bits per heavy atom. The molecule has 1 aliphatic heterocycles. The van der Waals surface area contributed by atoms with E-state index in [2.05, 4.69) is 29.1 Å². The van der Waals surface area contributed by atoms with Crippen molar-refractivity contribution in [3.63, 3.8) is 0 Å². The largest absolute Gasteiger partial charge is 0.496 e. The number of anilines is 1. The van der Waals surface area contributed by atoms with Crippen molar-refractivity contribution in [3.05, 3.63) is 59.7 Å². The first-order chi connectivity index (χ1) is 9.78. The number of nitrogens with one attached hydrogen (secondary N) is 2. The predicted octanol–water partition coefficient (Wildman–Crippen LogP) is 2.56. The van der Waals surface area contributed by atoms with Crippen molar-refractivity contribution < 1.29 is 4.74 Å². The summed E-state index contributed by atoms with van der Waals surface area (Å²) in [5.74, 6) is 0.921. The maximum absolute atomic E-state index is 5.73. The Morgan fingerprint density at radius 2 is 1.70 bits per heavy atom. The summed E-state index contributed by atoms with van der Waals surface area (Å²) >= 11 is 0. The molecule has 0 bridgehead atoms. The van der Waals surface area contributed by atoms with Crippen LogP contribution in [0, 0.1) is 0 Å². The number of para-hydroxylation sites is 1. The topological polar surface area (TPSA) is 59.3 Å². The van der Waals surface area contributed by atoms with E-state index in [-0.39, 0.29) is 12.1 Å². The highest BCUT2D eigenvalue weighted by Crippen LogP contribution is 2.34. The van der Waals surface area contributed by atoms with Gasteiger partial charge in [0.05, 0.1) is 13.2 Å². The van der Waals surface area contributed by atoms with Gasteiger partial charge in [0.15, 0.2) is 0 Å². The van der Waals surface area contributed by atoms with Crippen LogP contribution in [0.1, 0.15) is 29.6 Å². The highest BCUT2D eigenvalue weighted by Gasteiger charge is 2.27. The van der Waals surface area contributed by atoms with E-state index in [1.165, 1.54) is 11.1 Å². The van der Waals surface area contributed by atoms with E-state index in [4.69, 9.17) is 10.5 Å². The van der Waals surface area contributed by atoms with Gasteiger partial charge in [-0.2, -0.15) is 0 Å². The Balaban J connectivity index is 1.78. The van der Waals surface area contributed by atoms with Gasteiger partial charge >= 0.3 is 0 Å². The molecule has 0 spiro atoms. The molecule has 0 aliphatic carbocycles. The first-order valence-corrected chi connectivity index (χ1v) is 6.77. The zero-order valence-electron chi connectivity index (χ0n) is 11.5. The minimum absolute atomic E-state index is 0.244. The molecule has 2 unspecified atom stereocenters. The Labute approximate surface area is 118 Å². The van der Waals surface area contributed by atoms with Gasteiger partial charge in [0.2, 0.25) is 0 Å². The number of hydrogen-bond donors (Lipinski definition) is 3. The van der Waals surface area contributed by atoms with Gasteiger partial charge in [-0.3, -0.25) is 0 Å². The molecule has 0 aromatic heterocycles. The van der Waals surface area contributed by atoms with Crippen molar-refractivity contribution >= 4 is 5.69 Å². The van der Waals surface area contributed by atoms with Gasteiger partial charge in [0.25, 0.3) is 0 Å². The Kier molecular flexibility index (Phi) is 3.58. The van der Waals surface area contributed by atoms with Crippen LogP contribution >= 0.6 is 0 Å². The summed E-state index contributed by atoms with van der Waals surface area (Å²) in [5.41, 5.74) is 15.6. The molecule has 2 aromatic rings. The molecule has 1 fully saturated rings. The molecule has 4 heteroatoms. The fourth-order valence-electron chi connectivity index (χ4n) is 2.66.